The summed E-state index contributed by atoms with van der Waals surface area (Å²) in [7, 11) is 0. The molecule has 1 saturated heterocycles. The van der Waals surface area contributed by atoms with Crippen molar-refractivity contribution in [3.8, 4) is 0 Å². The number of piperidine rings is 1. The average molecular weight is 417 g/mol. The van der Waals surface area contributed by atoms with E-state index in [1.807, 2.05) is 52.1 Å². The number of alkyl halides is 2. The number of nitrogens with zero attached hydrogens (tertiary/aromatic N) is 5. The topological polar surface area (TPSA) is 58.4 Å². The van der Waals surface area contributed by atoms with Crippen LogP contribution in [-0.4, -0.2) is 38.6 Å². The van der Waals surface area contributed by atoms with Gasteiger partial charge in [0.2, 0.25) is 0 Å². The third kappa shape index (κ3) is 4.86. The van der Waals surface area contributed by atoms with E-state index in [0.29, 0.717) is 31.0 Å². The predicted molar refractivity (Wildman–Crippen MR) is 116 cm³/mol. The van der Waals surface area contributed by atoms with Crippen LogP contribution in [0.5, 0.6) is 0 Å². The molecule has 1 aliphatic rings. The van der Waals surface area contributed by atoms with Gasteiger partial charge in [0.05, 0.1) is 12.7 Å². The number of anilines is 2. The Kier molecular flexibility index (Phi) is 6.84. The highest BCUT2D eigenvalue weighted by molar-refractivity contribution is 5.61. The molecule has 0 aromatic carbocycles. The highest BCUT2D eigenvalue weighted by Crippen LogP contribution is 2.31. The van der Waals surface area contributed by atoms with Crippen LogP contribution in [0.1, 0.15) is 50.4 Å². The normalized spacial score (nSPS) is 15.6. The van der Waals surface area contributed by atoms with E-state index in [2.05, 4.69) is 20.4 Å². The molecule has 8 heteroatoms. The largest absolute Gasteiger partial charge is 0.366 e. The molecule has 0 bridgehead atoms. The maximum atomic E-state index is 13.9. The minimum absolute atomic E-state index is 0.0653. The molecule has 1 fully saturated rings. The lowest BCUT2D eigenvalue weighted by molar-refractivity contribution is -0.0118. The van der Waals surface area contributed by atoms with E-state index in [4.69, 9.17) is 0 Å². The summed E-state index contributed by atoms with van der Waals surface area (Å²) < 4.78 is 29.6. The second-order valence-corrected chi connectivity index (χ2v) is 7.30. The highest BCUT2D eigenvalue weighted by Gasteiger charge is 2.36. The van der Waals surface area contributed by atoms with Gasteiger partial charge in [-0.2, -0.15) is 9.61 Å². The molecule has 0 amide bonds. The maximum absolute atomic E-state index is 13.9. The third-order valence-corrected chi connectivity index (χ3v) is 5.08. The first-order valence-electron chi connectivity index (χ1n) is 10.6. The lowest BCUT2D eigenvalue weighted by atomic mass is 10.1. The summed E-state index contributed by atoms with van der Waals surface area (Å²) in [5.41, 5.74) is 3.69. The second-order valence-electron chi connectivity index (χ2n) is 7.30. The summed E-state index contributed by atoms with van der Waals surface area (Å²) in [5, 5.41) is 7.81. The molecule has 3 aromatic rings. The molecule has 4 rings (SSSR count). The molecule has 0 radical (unpaired) electrons. The number of pyridine rings is 1. The van der Waals surface area contributed by atoms with Crippen molar-refractivity contribution in [2.75, 3.05) is 23.3 Å². The van der Waals surface area contributed by atoms with E-state index in [9.17, 15) is 8.78 Å². The van der Waals surface area contributed by atoms with Crippen molar-refractivity contribution in [2.45, 2.75) is 59.4 Å². The van der Waals surface area contributed by atoms with Gasteiger partial charge >= 0.3 is 0 Å². The van der Waals surface area contributed by atoms with Crippen molar-refractivity contribution < 1.29 is 8.78 Å². The molecular formula is C22H30F2N6. The standard InChI is InChI=1S/C20H24F2N6.C2H6/c1-3-16-12-25-28-17(24-11-15-6-5-14(2)23-10-15)9-18(26-19(16)28)27-8-4-7-20(21,22)13-27;1-2/h5-6,9-10,12,24H,3-4,7-8,11,13H2,1-2H3;1-2H3. The Hall–Kier alpha value is -2.77. The highest BCUT2D eigenvalue weighted by atomic mass is 19.3. The van der Waals surface area contributed by atoms with E-state index >= 15 is 0 Å². The van der Waals surface area contributed by atoms with Crippen LogP contribution < -0.4 is 10.2 Å². The van der Waals surface area contributed by atoms with Gasteiger partial charge in [-0.25, -0.2) is 13.8 Å². The van der Waals surface area contributed by atoms with Crippen LogP contribution in [0, 0.1) is 6.92 Å². The Labute approximate surface area is 176 Å². The zero-order valence-electron chi connectivity index (χ0n) is 18.1. The lowest BCUT2D eigenvalue weighted by Crippen LogP contribution is -2.43. The van der Waals surface area contributed by atoms with Gasteiger partial charge in [-0.05, 0) is 31.4 Å². The van der Waals surface area contributed by atoms with Crippen LogP contribution in [0.2, 0.25) is 0 Å². The third-order valence-electron chi connectivity index (χ3n) is 5.08. The number of halogens is 2. The Morgan fingerprint density at radius 2 is 2.00 bits per heavy atom. The number of fused-ring (bicyclic) bond motifs is 1. The molecule has 1 aliphatic heterocycles. The fourth-order valence-corrected chi connectivity index (χ4v) is 3.49. The zero-order chi connectivity index (χ0) is 21.7. The molecule has 0 aliphatic carbocycles. The summed E-state index contributed by atoms with van der Waals surface area (Å²) in [4.78, 5) is 10.7. The molecule has 1 N–H and O–H groups in total. The van der Waals surface area contributed by atoms with Gasteiger partial charge in [0.15, 0.2) is 5.65 Å². The Morgan fingerprint density at radius 3 is 2.67 bits per heavy atom. The van der Waals surface area contributed by atoms with Crippen LogP contribution in [0.4, 0.5) is 20.4 Å². The smallest absolute Gasteiger partial charge is 0.265 e. The molecule has 0 atom stereocenters. The first-order valence-corrected chi connectivity index (χ1v) is 10.6. The van der Waals surface area contributed by atoms with Crippen molar-refractivity contribution in [3.63, 3.8) is 0 Å². The molecule has 0 saturated carbocycles. The minimum Gasteiger partial charge on any atom is -0.366 e. The SMILES string of the molecule is CC.CCc1cnn2c(NCc3ccc(C)nc3)cc(N3CCCC(F)(F)C3)nc12. The number of aromatic nitrogens is 4. The zero-order valence-corrected chi connectivity index (χ0v) is 18.1. The van der Waals surface area contributed by atoms with Crippen LogP contribution in [0.15, 0.2) is 30.6 Å². The van der Waals surface area contributed by atoms with E-state index in [0.717, 1.165) is 29.1 Å². The van der Waals surface area contributed by atoms with Crippen LogP contribution in [-0.2, 0) is 13.0 Å². The molecule has 162 valence electrons. The predicted octanol–water partition coefficient (Wildman–Crippen LogP) is 4.87. The summed E-state index contributed by atoms with van der Waals surface area (Å²) in [5.74, 6) is -1.39. The van der Waals surface area contributed by atoms with Gasteiger partial charge < -0.3 is 10.2 Å². The average Bonchev–Trinajstić information content (AvgIpc) is 3.17. The Balaban J connectivity index is 0.00000124. The van der Waals surface area contributed by atoms with Crippen LogP contribution in [0.3, 0.4) is 0 Å². The lowest BCUT2D eigenvalue weighted by Gasteiger charge is -2.33. The molecule has 30 heavy (non-hydrogen) atoms. The Morgan fingerprint density at radius 1 is 1.20 bits per heavy atom. The summed E-state index contributed by atoms with van der Waals surface area (Å²) in [6, 6.07) is 5.78. The van der Waals surface area contributed by atoms with Crippen molar-refractivity contribution in [2.24, 2.45) is 0 Å². The van der Waals surface area contributed by atoms with Crippen molar-refractivity contribution in [3.05, 3.63) is 47.4 Å². The van der Waals surface area contributed by atoms with Crippen molar-refractivity contribution in [1.29, 1.82) is 0 Å². The van der Waals surface area contributed by atoms with Gasteiger partial charge in [-0.1, -0.05) is 26.8 Å². The quantitative estimate of drug-likeness (QED) is 0.643. The first-order chi connectivity index (χ1) is 14.4. The molecule has 0 unspecified atom stereocenters. The fraction of sp³-hybridized carbons (Fsp3) is 0.500. The van der Waals surface area contributed by atoms with E-state index in [-0.39, 0.29) is 13.0 Å². The Bertz CT molecular complexity index is 968. The van der Waals surface area contributed by atoms with E-state index in [1.54, 1.807) is 15.6 Å². The molecule has 3 aromatic heterocycles. The molecule has 0 spiro atoms. The second kappa shape index (κ2) is 9.36. The minimum atomic E-state index is -2.68. The number of hydrogen-bond acceptors (Lipinski definition) is 5. The van der Waals surface area contributed by atoms with Gasteiger partial charge in [0.1, 0.15) is 11.6 Å². The maximum Gasteiger partial charge on any atom is 0.265 e. The summed E-state index contributed by atoms with van der Waals surface area (Å²) in [6.07, 6.45) is 4.78. The van der Waals surface area contributed by atoms with Crippen LogP contribution in [0.25, 0.3) is 5.65 Å². The monoisotopic (exact) mass is 416 g/mol. The first kappa shape index (κ1) is 21.9. The number of aryl methyl sites for hydroxylation is 2. The van der Waals surface area contributed by atoms with Gasteiger partial charge in [0.25, 0.3) is 5.92 Å². The summed E-state index contributed by atoms with van der Waals surface area (Å²) >= 11 is 0. The van der Waals surface area contributed by atoms with Gasteiger partial charge in [-0.3, -0.25) is 4.98 Å². The fourth-order valence-electron chi connectivity index (χ4n) is 3.49. The number of nitrogens with one attached hydrogen (secondary N) is 1. The van der Waals surface area contributed by atoms with Crippen molar-refractivity contribution >= 4 is 17.3 Å². The number of rotatable bonds is 5. The van der Waals surface area contributed by atoms with E-state index < -0.39 is 5.92 Å². The molecule has 4 heterocycles. The molecule has 6 nitrogen and oxygen atoms in total. The van der Waals surface area contributed by atoms with Crippen molar-refractivity contribution in [1.82, 2.24) is 19.6 Å². The number of hydrogen-bond donors (Lipinski definition) is 1. The van der Waals surface area contributed by atoms with E-state index in [1.165, 1.54) is 0 Å². The summed E-state index contributed by atoms with van der Waals surface area (Å²) in [6.45, 7) is 8.82. The van der Waals surface area contributed by atoms with Gasteiger partial charge in [-0.15, -0.1) is 0 Å². The molecular weight excluding hydrogens is 386 g/mol. The van der Waals surface area contributed by atoms with Crippen LogP contribution >= 0.6 is 0 Å². The van der Waals surface area contributed by atoms with Gasteiger partial charge in [0, 0.05) is 43.0 Å².